The van der Waals surface area contributed by atoms with Crippen molar-refractivity contribution in [2.45, 2.75) is 12.8 Å². The fourth-order valence-electron chi connectivity index (χ4n) is 2.10. The maximum atomic E-state index is 5.45. The first kappa shape index (κ1) is 8.26. The average Bonchev–Trinajstić information content (AvgIpc) is 2.62. The van der Waals surface area contributed by atoms with Crippen LogP contribution in [0.5, 0.6) is 0 Å². The van der Waals surface area contributed by atoms with Crippen LogP contribution >= 0.6 is 22.6 Å². The van der Waals surface area contributed by atoms with Gasteiger partial charge in [-0.1, -0.05) is 22.6 Å². The van der Waals surface area contributed by atoms with E-state index in [1.807, 2.05) is 0 Å². The predicted octanol–water partition coefficient (Wildman–Crippen LogP) is 1.49. The van der Waals surface area contributed by atoms with E-state index in [1.54, 1.807) is 0 Å². The predicted molar refractivity (Wildman–Crippen MR) is 52.9 cm³/mol. The lowest BCUT2D eigenvalue weighted by molar-refractivity contribution is 0.154. The number of likely N-dealkylation sites (tertiary alicyclic amines) is 1. The van der Waals surface area contributed by atoms with E-state index in [2.05, 4.69) is 27.5 Å². The molecule has 0 saturated carbocycles. The van der Waals surface area contributed by atoms with Gasteiger partial charge >= 0.3 is 0 Å². The second-order valence-electron chi connectivity index (χ2n) is 3.72. The molecule has 0 aromatic heterocycles. The molecule has 1 atom stereocenters. The van der Waals surface area contributed by atoms with Gasteiger partial charge in [0.2, 0.25) is 0 Å². The number of nitrogens with zero attached hydrogens (tertiary/aromatic N) is 1. The van der Waals surface area contributed by atoms with Crippen LogP contribution in [0.3, 0.4) is 0 Å². The topological polar surface area (TPSA) is 12.5 Å². The number of halogens is 1. The number of alkyl halides is 1. The van der Waals surface area contributed by atoms with Gasteiger partial charge < -0.3 is 4.74 Å². The highest BCUT2D eigenvalue weighted by molar-refractivity contribution is 14.1. The summed E-state index contributed by atoms with van der Waals surface area (Å²) in [5.74, 6) is 0. The van der Waals surface area contributed by atoms with Gasteiger partial charge in [0.25, 0.3) is 0 Å². The summed E-state index contributed by atoms with van der Waals surface area (Å²) in [6.45, 7) is 4.57. The number of rotatable bonds is 1. The van der Waals surface area contributed by atoms with Gasteiger partial charge in [-0.2, -0.15) is 0 Å². The molecular formula is C8H14INO. The van der Waals surface area contributed by atoms with Crippen LogP contribution in [0.1, 0.15) is 12.8 Å². The van der Waals surface area contributed by atoms with Gasteiger partial charge in [-0.05, 0) is 19.4 Å². The Labute approximate surface area is 81.4 Å². The van der Waals surface area contributed by atoms with Crippen LogP contribution in [0.4, 0.5) is 0 Å². The van der Waals surface area contributed by atoms with Gasteiger partial charge in [-0.15, -0.1) is 0 Å². The molecule has 0 aromatic rings. The van der Waals surface area contributed by atoms with Gasteiger partial charge in [0.05, 0.1) is 11.2 Å². The van der Waals surface area contributed by atoms with E-state index >= 15 is 0 Å². The molecule has 2 saturated heterocycles. The highest BCUT2D eigenvalue weighted by Gasteiger charge is 2.40. The van der Waals surface area contributed by atoms with Crippen molar-refractivity contribution in [1.82, 2.24) is 4.90 Å². The molecule has 2 nitrogen and oxygen atoms in total. The largest absolute Gasteiger partial charge is 0.381 e. The fourth-order valence-corrected chi connectivity index (χ4v) is 2.68. The lowest BCUT2D eigenvalue weighted by Gasteiger charge is -2.20. The molecule has 2 rings (SSSR count). The van der Waals surface area contributed by atoms with Gasteiger partial charge in [0, 0.05) is 18.6 Å². The molecule has 0 amide bonds. The van der Waals surface area contributed by atoms with E-state index in [0.717, 1.165) is 13.2 Å². The summed E-state index contributed by atoms with van der Waals surface area (Å²) in [6.07, 6.45) is 2.65. The van der Waals surface area contributed by atoms with Gasteiger partial charge in [-0.3, -0.25) is 4.90 Å². The first-order valence-corrected chi connectivity index (χ1v) is 5.73. The van der Waals surface area contributed by atoms with Crippen molar-refractivity contribution in [3.63, 3.8) is 0 Å². The SMILES string of the molecule is ICN1CCC2(CCOC2)C1. The molecule has 3 heteroatoms. The monoisotopic (exact) mass is 267 g/mol. The van der Waals surface area contributed by atoms with Crippen LogP contribution < -0.4 is 0 Å². The molecule has 2 aliphatic rings. The van der Waals surface area contributed by atoms with E-state index in [9.17, 15) is 0 Å². The Kier molecular flexibility index (Phi) is 2.39. The Balaban J connectivity index is 1.96. The molecule has 0 N–H and O–H groups in total. The zero-order valence-electron chi connectivity index (χ0n) is 6.68. The number of ether oxygens (including phenoxy) is 1. The fraction of sp³-hybridized carbons (Fsp3) is 1.00. The Bertz CT molecular complexity index is 145. The summed E-state index contributed by atoms with van der Waals surface area (Å²) in [5.41, 5.74) is 0.561. The van der Waals surface area contributed by atoms with Crippen LogP contribution in [-0.2, 0) is 4.74 Å². The molecular weight excluding hydrogens is 253 g/mol. The molecule has 1 spiro atoms. The second-order valence-corrected chi connectivity index (χ2v) is 4.41. The Morgan fingerprint density at radius 2 is 2.36 bits per heavy atom. The van der Waals surface area contributed by atoms with Gasteiger partial charge in [0.15, 0.2) is 0 Å². The molecule has 1 unspecified atom stereocenters. The third-order valence-corrected chi connectivity index (χ3v) is 3.84. The van der Waals surface area contributed by atoms with E-state index in [1.165, 1.54) is 30.5 Å². The highest BCUT2D eigenvalue weighted by atomic mass is 127. The molecule has 0 bridgehead atoms. The quantitative estimate of drug-likeness (QED) is 0.405. The maximum absolute atomic E-state index is 5.45. The van der Waals surface area contributed by atoms with Crippen molar-refractivity contribution in [1.29, 1.82) is 0 Å². The van der Waals surface area contributed by atoms with Crippen LogP contribution in [-0.4, -0.2) is 35.8 Å². The van der Waals surface area contributed by atoms with E-state index in [0.29, 0.717) is 5.41 Å². The Morgan fingerprint density at radius 3 is 2.91 bits per heavy atom. The Morgan fingerprint density at radius 1 is 1.45 bits per heavy atom. The third-order valence-electron chi connectivity index (χ3n) is 2.87. The molecule has 0 radical (unpaired) electrons. The highest BCUT2D eigenvalue weighted by Crippen LogP contribution is 2.38. The summed E-state index contributed by atoms with van der Waals surface area (Å²) in [5, 5.41) is 0. The van der Waals surface area contributed by atoms with Crippen LogP contribution in [0.25, 0.3) is 0 Å². The summed E-state index contributed by atoms with van der Waals surface area (Å²) in [6, 6.07) is 0. The molecule has 2 heterocycles. The minimum Gasteiger partial charge on any atom is -0.381 e. The number of hydrogen-bond donors (Lipinski definition) is 0. The van der Waals surface area contributed by atoms with Crippen molar-refractivity contribution in [2.75, 3.05) is 30.9 Å². The van der Waals surface area contributed by atoms with Crippen molar-refractivity contribution in [2.24, 2.45) is 5.41 Å². The summed E-state index contributed by atoms with van der Waals surface area (Å²) in [7, 11) is 0. The molecule has 2 fully saturated rings. The zero-order valence-corrected chi connectivity index (χ0v) is 8.84. The zero-order chi connectivity index (χ0) is 7.73. The van der Waals surface area contributed by atoms with Crippen LogP contribution in [0.2, 0.25) is 0 Å². The summed E-state index contributed by atoms with van der Waals surface area (Å²) < 4.78 is 6.63. The Hall–Kier alpha value is 0.650. The molecule has 11 heavy (non-hydrogen) atoms. The van der Waals surface area contributed by atoms with Crippen molar-refractivity contribution >= 4 is 22.6 Å². The summed E-state index contributed by atoms with van der Waals surface area (Å²) >= 11 is 2.44. The van der Waals surface area contributed by atoms with Crippen LogP contribution in [0, 0.1) is 5.41 Å². The van der Waals surface area contributed by atoms with E-state index in [-0.39, 0.29) is 0 Å². The lowest BCUT2D eigenvalue weighted by Crippen LogP contribution is -2.26. The maximum Gasteiger partial charge on any atom is 0.0536 e. The van der Waals surface area contributed by atoms with Gasteiger partial charge in [-0.25, -0.2) is 0 Å². The minimum absolute atomic E-state index is 0.561. The summed E-state index contributed by atoms with van der Waals surface area (Å²) in [4.78, 5) is 2.52. The average molecular weight is 267 g/mol. The van der Waals surface area contributed by atoms with Crippen molar-refractivity contribution in [3.05, 3.63) is 0 Å². The smallest absolute Gasteiger partial charge is 0.0536 e. The molecule has 0 aromatic carbocycles. The number of hydrogen-bond acceptors (Lipinski definition) is 2. The van der Waals surface area contributed by atoms with Crippen molar-refractivity contribution < 1.29 is 4.74 Å². The standard InChI is InChI=1S/C8H14INO/c9-7-10-3-1-8(5-10)2-4-11-6-8/h1-7H2. The lowest BCUT2D eigenvalue weighted by atomic mass is 9.87. The van der Waals surface area contributed by atoms with Gasteiger partial charge in [0.1, 0.15) is 0 Å². The second kappa shape index (κ2) is 3.18. The normalized spacial score (nSPS) is 39.0. The van der Waals surface area contributed by atoms with E-state index < -0.39 is 0 Å². The van der Waals surface area contributed by atoms with Crippen LogP contribution in [0.15, 0.2) is 0 Å². The van der Waals surface area contributed by atoms with E-state index in [4.69, 9.17) is 4.74 Å². The first-order valence-electron chi connectivity index (χ1n) is 4.21. The molecule has 2 aliphatic heterocycles. The minimum atomic E-state index is 0.561. The van der Waals surface area contributed by atoms with Crippen molar-refractivity contribution in [3.8, 4) is 0 Å². The third kappa shape index (κ3) is 1.55. The first-order chi connectivity index (χ1) is 5.35. The molecule has 64 valence electrons. The molecule has 0 aliphatic carbocycles.